The molecule has 2 saturated heterocycles. The van der Waals surface area contributed by atoms with Crippen LogP contribution in [-0.4, -0.2) is 84.4 Å². The minimum absolute atomic E-state index is 0.225. The largest absolute Gasteiger partial charge is 0.502 e. The molecule has 142 valence electrons. The lowest BCUT2D eigenvalue weighted by Gasteiger charge is -2.28. The monoisotopic (exact) mass is 372 g/mol. The fraction of sp³-hybridized carbons (Fsp3) is 0.500. The summed E-state index contributed by atoms with van der Waals surface area (Å²) in [5.41, 5.74) is 2.07. The maximum absolute atomic E-state index is 12.5. The van der Waals surface area contributed by atoms with Crippen LogP contribution >= 0.6 is 0 Å². The molecule has 3 aliphatic heterocycles. The number of ether oxygens (including phenoxy) is 1. The molecule has 1 aromatic carbocycles. The highest BCUT2D eigenvalue weighted by molar-refractivity contribution is 6.31. The first-order valence-corrected chi connectivity index (χ1v) is 9.06. The van der Waals surface area contributed by atoms with Gasteiger partial charge in [0.2, 0.25) is 0 Å². The van der Waals surface area contributed by atoms with Gasteiger partial charge >= 0.3 is 11.8 Å². The standard InChI is InChI=1S/C18H22N5O4/c1-13-2-4-14(5-3-13)21-6-7-22-16(25)17(26)23(19-18(21)22)12-15(24)20-8-10-27-11-9-20/h2-5,18H,6-12H2,1H3/q+1. The second kappa shape index (κ2) is 7.07. The number of anilines is 1. The van der Waals surface area contributed by atoms with Crippen LogP contribution in [-0.2, 0) is 19.1 Å². The summed E-state index contributed by atoms with van der Waals surface area (Å²) in [6.07, 6.45) is -0.601. The van der Waals surface area contributed by atoms with Gasteiger partial charge in [-0.3, -0.25) is 14.5 Å². The van der Waals surface area contributed by atoms with E-state index >= 15 is 0 Å². The van der Waals surface area contributed by atoms with E-state index in [4.69, 9.17) is 4.74 Å². The van der Waals surface area contributed by atoms with Crippen molar-refractivity contribution in [3.8, 4) is 0 Å². The van der Waals surface area contributed by atoms with Gasteiger partial charge in [-0.15, -0.1) is 0 Å². The van der Waals surface area contributed by atoms with Gasteiger partial charge in [0.1, 0.15) is 0 Å². The molecule has 9 nitrogen and oxygen atoms in total. The molecule has 3 aliphatic rings. The zero-order chi connectivity index (χ0) is 19.0. The highest BCUT2D eigenvalue weighted by Gasteiger charge is 2.50. The zero-order valence-electron chi connectivity index (χ0n) is 15.2. The summed E-state index contributed by atoms with van der Waals surface area (Å²) < 4.78 is 6.26. The SMILES string of the molecule is Cc1ccc(N2CCN3C(=O)C(=O)[N+](CC(=O)N4CCOCC4)=NC32)cc1. The van der Waals surface area contributed by atoms with Crippen LogP contribution in [0.2, 0.25) is 0 Å². The number of nitrogens with zero attached hydrogens (tertiary/aromatic N) is 5. The van der Waals surface area contributed by atoms with E-state index in [-0.39, 0.29) is 12.5 Å². The highest BCUT2D eigenvalue weighted by atomic mass is 16.5. The van der Waals surface area contributed by atoms with Crippen molar-refractivity contribution in [1.82, 2.24) is 9.80 Å². The van der Waals surface area contributed by atoms with Crippen molar-refractivity contribution in [1.29, 1.82) is 0 Å². The number of benzene rings is 1. The molecule has 0 radical (unpaired) electrons. The Balaban J connectivity index is 1.57. The molecule has 0 aromatic heterocycles. The molecule has 1 atom stereocenters. The van der Waals surface area contributed by atoms with Crippen LogP contribution in [0.15, 0.2) is 29.4 Å². The first kappa shape index (κ1) is 17.6. The Kier molecular flexibility index (Phi) is 4.61. The summed E-state index contributed by atoms with van der Waals surface area (Å²) in [5, 5.41) is 4.43. The van der Waals surface area contributed by atoms with Gasteiger partial charge < -0.3 is 14.5 Å². The smallest absolute Gasteiger partial charge is 0.378 e. The molecular weight excluding hydrogens is 350 g/mol. The van der Waals surface area contributed by atoms with Gasteiger partial charge in [-0.2, -0.15) is 0 Å². The van der Waals surface area contributed by atoms with Crippen LogP contribution < -0.4 is 4.90 Å². The minimum atomic E-state index is -0.751. The Hall–Kier alpha value is -2.81. The maximum Gasteiger partial charge on any atom is 0.502 e. The number of amides is 3. The van der Waals surface area contributed by atoms with Gasteiger partial charge in [0.25, 0.3) is 18.7 Å². The quantitative estimate of drug-likeness (QED) is 0.541. The Morgan fingerprint density at radius 1 is 1.11 bits per heavy atom. The number of morpholine rings is 1. The number of fused-ring (bicyclic) bond motifs is 1. The van der Waals surface area contributed by atoms with Crippen molar-refractivity contribution in [2.75, 3.05) is 50.8 Å². The molecule has 0 bridgehead atoms. The van der Waals surface area contributed by atoms with E-state index in [9.17, 15) is 14.4 Å². The number of rotatable bonds is 3. The average Bonchev–Trinajstić information content (AvgIpc) is 3.11. The summed E-state index contributed by atoms with van der Waals surface area (Å²) in [4.78, 5) is 42.4. The highest BCUT2D eigenvalue weighted by Crippen LogP contribution is 2.27. The van der Waals surface area contributed by atoms with Crippen molar-refractivity contribution < 1.29 is 23.8 Å². The van der Waals surface area contributed by atoms with Crippen LogP contribution in [0.3, 0.4) is 0 Å². The van der Waals surface area contributed by atoms with E-state index in [1.807, 2.05) is 36.1 Å². The summed E-state index contributed by atoms with van der Waals surface area (Å²) in [7, 11) is 0. The first-order valence-electron chi connectivity index (χ1n) is 9.06. The molecule has 27 heavy (non-hydrogen) atoms. The summed E-state index contributed by atoms with van der Waals surface area (Å²) in [5.74, 6) is -1.59. The lowest BCUT2D eigenvalue weighted by atomic mass is 10.2. The number of hydrogen-bond donors (Lipinski definition) is 0. The summed E-state index contributed by atoms with van der Waals surface area (Å²) >= 11 is 0. The second-order valence-corrected chi connectivity index (χ2v) is 6.85. The zero-order valence-corrected chi connectivity index (χ0v) is 15.2. The molecule has 3 amide bonds. The Morgan fingerprint density at radius 2 is 1.78 bits per heavy atom. The van der Waals surface area contributed by atoms with Crippen LogP contribution in [0, 0.1) is 6.92 Å². The van der Waals surface area contributed by atoms with Crippen LogP contribution in [0.1, 0.15) is 5.56 Å². The van der Waals surface area contributed by atoms with Gasteiger partial charge in [-0.05, 0) is 23.8 Å². The third-order valence-electron chi connectivity index (χ3n) is 5.07. The molecule has 0 N–H and O–H groups in total. The molecule has 2 fully saturated rings. The Bertz CT molecular complexity index is 800. The van der Waals surface area contributed by atoms with Crippen molar-refractivity contribution in [3.63, 3.8) is 0 Å². The van der Waals surface area contributed by atoms with Crippen LogP contribution in [0.5, 0.6) is 0 Å². The first-order chi connectivity index (χ1) is 13.0. The van der Waals surface area contributed by atoms with E-state index in [1.165, 1.54) is 4.90 Å². The van der Waals surface area contributed by atoms with Crippen molar-refractivity contribution in [2.24, 2.45) is 5.11 Å². The molecule has 0 saturated carbocycles. The number of aryl methyl sites for hydroxylation is 1. The lowest BCUT2D eigenvalue weighted by Crippen LogP contribution is -2.54. The topological polar surface area (TPSA) is 85.5 Å². The summed E-state index contributed by atoms with van der Waals surface area (Å²) in [6, 6.07) is 7.93. The molecule has 1 aromatic rings. The number of carbonyl (C=O) groups is 3. The van der Waals surface area contributed by atoms with Crippen molar-refractivity contribution in [3.05, 3.63) is 29.8 Å². The van der Waals surface area contributed by atoms with E-state index in [1.54, 1.807) is 4.90 Å². The fourth-order valence-corrected chi connectivity index (χ4v) is 3.51. The van der Waals surface area contributed by atoms with Gasteiger partial charge in [0.15, 0.2) is 0 Å². The van der Waals surface area contributed by atoms with Crippen LogP contribution in [0.4, 0.5) is 5.69 Å². The predicted molar refractivity (Wildman–Crippen MR) is 94.0 cm³/mol. The molecular formula is C18H22N5O4+. The molecule has 0 aliphatic carbocycles. The van der Waals surface area contributed by atoms with Crippen molar-refractivity contribution >= 4 is 23.4 Å². The number of hydrogen-bond acceptors (Lipinski definition) is 6. The molecule has 3 heterocycles. The van der Waals surface area contributed by atoms with Gasteiger partial charge in [0.05, 0.1) is 13.2 Å². The van der Waals surface area contributed by atoms with E-state index in [0.29, 0.717) is 39.4 Å². The number of carbonyl (C=O) groups excluding carboxylic acids is 3. The minimum Gasteiger partial charge on any atom is -0.378 e. The molecule has 0 spiro atoms. The molecule has 1 unspecified atom stereocenters. The van der Waals surface area contributed by atoms with Crippen LogP contribution in [0.25, 0.3) is 0 Å². The van der Waals surface area contributed by atoms with E-state index in [0.717, 1.165) is 15.9 Å². The second-order valence-electron chi connectivity index (χ2n) is 6.85. The van der Waals surface area contributed by atoms with E-state index < -0.39 is 18.1 Å². The average molecular weight is 372 g/mol. The normalized spacial score (nSPS) is 22.8. The molecule has 4 rings (SSSR count). The Labute approximate surface area is 156 Å². The predicted octanol–water partition coefficient (Wildman–Crippen LogP) is -0.209. The Morgan fingerprint density at radius 3 is 2.48 bits per heavy atom. The van der Waals surface area contributed by atoms with Gasteiger partial charge in [0, 0.05) is 37.0 Å². The van der Waals surface area contributed by atoms with Crippen molar-refractivity contribution in [2.45, 2.75) is 13.2 Å². The third kappa shape index (κ3) is 3.30. The fourth-order valence-electron chi connectivity index (χ4n) is 3.51. The summed E-state index contributed by atoms with van der Waals surface area (Å²) in [6.45, 7) is 4.72. The third-order valence-corrected chi connectivity index (χ3v) is 5.07. The lowest BCUT2D eigenvalue weighted by molar-refractivity contribution is -0.510. The number of azo groups is 2. The maximum atomic E-state index is 12.5. The van der Waals surface area contributed by atoms with Gasteiger partial charge in [-0.1, -0.05) is 17.7 Å². The van der Waals surface area contributed by atoms with E-state index in [2.05, 4.69) is 5.11 Å². The molecule has 9 heteroatoms. The van der Waals surface area contributed by atoms with Gasteiger partial charge in [-0.25, -0.2) is 4.79 Å².